The van der Waals surface area contributed by atoms with Crippen molar-refractivity contribution in [1.29, 1.82) is 0 Å². The first kappa shape index (κ1) is 20.5. The van der Waals surface area contributed by atoms with E-state index in [0.29, 0.717) is 0 Å². The average Bonchev–Trinajstić information content (AvgIpc) is 3.70. The second-order valence-corrected chi connectivity index (χ2v) is 9.98. The van der Waals surface area contributed by atoms with E-state index in [-0.39, 0.29) is 0 Å². The van der Waals surface area contributed by atoms with Crippen molar-refractivity contribution in [1.82, 2.24) is 35.0 Å². The van der Waals surface area contributed by atoms with Crippen LogP contribution in [0.1, 0.15) is 18.4 Å². The molecule has 0 atom stereocenters. The first-order valence-electron chi connectivity index (χ1n) is 11.8. The van der Waals surface area contributed by atoms with Gasteiger partial charge in [0.05, 0.1) is 23.1 Å². The zero-order valence-corrected chi connectivity index (χ0v) is 19.8. The Bertz CT molecular complexity index is 1640. The molecule has 172 valence electrons. The molecule has 35 heavy (non-hydrogen) atoms. The number of pyridine rings is 3. The summed E-state index contributed by atoms with van der Waals surface area (Å²) < 4.78 is 0. The maximum atomic E-state index is 4.70. The Hall–Kier alpha value is -3.88. The quantitative estimate of drug-likeness (QED) is 0.323. The number of aromatic amines is 2. The molecule has 0 aromatic carbocycles. The zero-order chi connectivity index (χ0) is 23.2. The molecule has 0 bridgehead atoms. The topological polar surface area (TPSA) is 86.4 Å². The highest BCUT2D eigenvalue weighted by molar-refractivity contribution is 7.13. The Labute approximate surface area is 205 Å². The molecule has 1 saturated heterocycles. The van der Waals surface area contributed by atoms with Crippen molar-refractivity contribution in [2.24, 2.45) is 0 Å². The van der Waals surface area contributed by atoms with Crippen LogP contribution in [0.25, 0.3) is 55.0 Å². The summed E-state index contributed by atoms with van der Waals surface area (Å²) in [7, 11) is 0. The third-order valence-electron chi connectivity index (χ3n) is 6.72. The molecule has 6 aromatic heterocycles. The van der Waals surface area contributed by atoms with Gasteiger partial charge >= 0.3 is 0 Å². The van der Waals surface area contributed by atoms with Crippen LogP contribution in [0.3, 0.4) is 0 Å². The van der Waals surface area contributed by atoms with E-state index in [4.69, 9.17) is 4.98 Å². The van der Waals surface area contributed by atoms with Crippen LogP contribution in [0.2, 0.25) is 0 Å². The summed E-state index contributed by atoms with van der Waals surface area (Å²) in [6, 6.07) is 12.7. The van der Waals surface area contributed by atoms with E-state index in [9.17, 15) is 0 Å². The second-order valence-electron chi connectivity index (χ2n) is 9.03. The number of aromatic nitrogens is 6. The zero-order valence-electron chi connectivity index (χ0n) is 19.0. The van der Waals surface area contributed by atoms with Crippen LogP contribution in [0, 0.1) is 0 Å². The Morgan fingerprint density at radius 3 is 2.80 bits per heavy atom. The predicted octanol–water partition coefficient (Wildman–Crippen LogP) is 5.89. The van der Waals surface area contributed by atoms with Gasteiger partial charge in [0.2, 0.25) is 0 Å². The minimum absolute atomic E-state index is 0.857. The predicted molar refractivity (Wildman–Crippen MR) is 140 cm³/mol. The molecule has 0 saturated carbocycles. The summed E-state index contributed by atoms with van der Waals surface area (Å²) in [6.45, 7) is 3.27. The van der Waals surface area contributed by atoms with Crippen molar-refractivity contribution in [3.8, 4) is 33.1 Å². The van der Waals surface area contributed by atoms with Gasteiger partial charge in [-0.05, 0) is 67.2 Å². The Kier molecular flexibility index (Phi) is 4.92. The molecule has 0 amide bonds. The smallest absolute Gasteiger partial charge is 0.138 e. The van der Waals surface area contributed by atoms with Gasteiger partial charge in [0, 0.05) is 51.9 Å². The fourth-order valence-corrected chi connectivity index (χ4v) is 5.76. The van der Waals surface area contributed by atoms with Crippen LogP contribution in [-0.4, -0.2) is 48.1 Å². The molecule has 7 heterocycles. The Balaban J connectivity index is 1.28. The first-order valence-corrected chi connectivity index (χ1v) is 12.7. The van der Waals surface area contributed by atoms with Gasteiger partial charge in [-0.15, -0.1) is 11.3 Å². The number of nitrogens with zero attached hydrogens (tertiary/aromatic N) is 5. The SMILES string of the molecule is c1csc(-c2ccnc3[nH]c(-c4n[nH]c5cnc(-c6cncc(CN7CCCC7)c6)cc45)cc23)c1. The number of hydrogen-bond acceptors (Lipinski definition) is 6. The second kappa shape index (κ2) is 8.41. The monoisotopic (exact) mass is 477 g/mol. The number of hydrogen-bond donors (Lipinski definition) is 2. The summed E-state index contributed by atoms with van der Waals surface area (Å²) in [5.41, 5.74) is 7.86. The summed E-state index contributed by atoms with van der Waals surface area (Å²) >= 11 is 1.73. The van der Waals surface area contributed by atoms with Gasteiger partial charge in [-0.1, -0.05) is 6.07 Å². The molecule has 1 aliphatic heterocycles. The number of thiophene rings is 1. The molecular weight excluding hydrogens is 454 g/mol. The minimum Gasteiger partial charge on any atom is -0.338 e. The number of likely N-dealkylation sites (tertiary alicyclic amines) is 1. The van der Waals surface area contributed by atoms with Gasteiger partial charge in [0.25, 0.3) is 0 Å². The van der Waals surface area contributed by atoms with E-state index in [0.717, 1.165) is 51.1 Å². The number of fused-ring (bicyclic) bond motifs is 2. The molecule has 6 aromatic rings. The Morgan fingerprint density at radius 2 is 1.91 bits per heavy atom. The highest BCUT2D eigenvalue weighted by atomic mass is 32.1. The highest BCUT2D eigenvalue weighted by Gasteiger charge is 2.16. The molecule has 1 fully saturated rings. The molecule has 0 aliphatic carbocycles. The van der Waals surface area contributed by atoms with Gasteiger partial charge in [-0.3, -0.25) is 20.0 Å². The lowest BCUT2D eigenvalue weighted by molar-refractivity contribution is 0.331. The molecule has 2 N–H and O–H groups in total. The standard InChI is InChI=1S/C27H23N7S/c1-2-8-34(7-1)16-17-10-18(14-28-13-17)22-12-21-24(15-30-22)32-33-26(21)23-11-20-19(25-4-3-9-35-25)5-6-29-27(20)31-23/h3-6,9-15H,1-2,7-8,16H2,(H,29,31)(H,32,33). The first-order chi connectivity index (χ1) is 17.3. The summed E-state index contributed by atoms with van der Waals surface area (Å²) in [4.78, 5) is 21.0. The van der Waals surface area contributed by atoms with E-state index >= 15 is 0 Å². The van der Waals surface area contributed by atoms with Crippen LogP contribution in [-0.2, 0) is 6.54 Å². The van der Waals surface area contributed by atoms with Gasteiger partial charge in [-0.2, -0.15) is 5.10 Å². The van der Waals surface area contributed by atoms with Crippen LogP contribution < -0.4 is 0 Å². The number of H-pyrrole nitrogens is 2. The van der Waals surface area contributed by atoms with Gasteiger partial charge in [0.1, 0.15) is 11.3 Å². The van der Waals surface area contributed by atoms with Crippen LogP contribution in [0.15, 0.2) is 66.6 Å². The van der Waals surface area contributed by atoms with Crippen LogP contribution in [0.5, 0.6) is 0 Å². The number of nitrogens with one attached hydrogen (secondary N) is 2. The van der Waals surface area contributed by atoms with Crippen molar-refractivity contribution in [2.75, 3.05) is 13.1 Å². The lowest BCUT2D eigenvalue weighted by Crippen LogP contribution is -2.18. The normalized spacial score (nSPS) is 14.4. The highest BCUT2D eigenvalue weighted by Crippen LogP contribution is 2.35. The maximum absolute atomic E-state index is 4.70. The molecule has 0 unspecified atom stereocenters. The van der Waals surface area contributed by atoms with Crippen molar-refractivity contribution < 1.29 is 0 Å². The van der Waals surface area contributed by atoms with Crippen molar-refractivity contribution in [3.63, 3.8) is 0 Å². The van der Waals surface area contributed by atoms with E-state index in [1.54, 1.807) is 11.3 Å². The van der Waals surface area contributed by atoms with Crippen molar-refractivity contribution >= 4 is 33.3 Å². The Morgan fingerprint density at radius 1 is 0.971 bits per heavy atom. The molecule has 0 radical (unpaired) electrons. The van der Waals surface area contributed by atoms with E-state index in [2.05, 4.69) is 71.8 Å². The minimum atomic E-state index is 0.857. The fourth-order valence-electron chi connectivity index (χ4n) is 4.99. The van der Waals surface area contributed by atoms with E-state index in [1.807, 2.05) is 24.8 Å². The van der Waals surface area contributed by atoms with Gasteiger partial charge in [-0.25, -0.2) is 4.98 Å². The molecule has 7 rings (SSSR count). The van der Waals surface area contributed by atoms with Crippen molar-refractivity contribution in [3.05, 3.63) is 72.1 Å². The van der Waals surface area contributed by atoms with Gasteiger partial charge < -0.3 is 4.98 Å². The summed E-state index contributed by atoms with van der Waals surface area (Å²) in [6.07, 6.45) is 10.1. The van der Waals surface area contributed by atoms with E-state index in [1.165, 1.54) is 41.9 Å². The lowest BCUT2D eigenvalue weighted by atomic mass is 10.1. The van der Waals surface area contributed by atoms with Crippen molar-refractivity contribution in [2.45, 2.75) is 19.4 Å². The molecular formula is C27H23N7S. The average molecular weight is 478 g/mol. The fraction of sp³-hybridized carbons (Fsp3) is 0.185. The third kappa shape index (κ3) is 3.71. The number of rotatable bonds is 5. The lowest BCUT2D eigenvalue weighted by Gasteiger charge is -2.14. The van der Waals surface area contributed by atoms with E-state index < -0.39 is 0 Å². The molecule has 7 nitrogen and oxygen atoms in total. The maximum Gasteiger partial charge on any atom is 0.138 e. The van der Waals surface area contributed by atoms with Gasteiger partial charge in [0.15, 0.2) is 0 Å². The molecule has 8 heteroatoms. The summed E-state index contributed by atoms with van der Waals surface area (Å²) in [5.74, 6) is 0. The van der Waals surface area contributed by atoms with Crippen LogP contribution in [0.4, 0.5) is 0 Å². The summed E-state index contributed by atoms with van der Waals surface area (Å²) in [5, 5.41) is 12.0. The molecule has 1 aliphatic rings. The third-order valence-corrected chi connectivity index (χ3v) is 7.62. The largest absolute Gasteiger partial charge is 0.338 e. The molecule has 0 spiro atoms. The van der Waals surface area contributed by atoms with Crippen LogP contribution >= 0.6 is 11.3 Å².